The van der Waals surface area contributed by atoms with E-state index < -0.39 is 18.1 Å². The third-order valence-corrected chi connectivity index (χ3v) is 13.8. The lowest BCUT2D eigenvalue weighted by molar-refractivity contribution is 0.118. The largest absolute Gasteiger partial charge is 0.500 e. The molecule has 0 aliphatic heterocycles. The second kappa shape index (κ2) is 20.7. The van der Waals surface area contributed by atoms with Crippen molar-refractivity contribution in [3.05, 3.63) is 0 Å². The molecule has 0 spiro atoms. The summed E-state index contributed by atoms with van der Waals surface area (Å²) in [6.45, 7) is 9.09. The van der Waals surface area contributed by atoms with Gasteiger partial charge in [-0.1, -0.05) is 39.5 Å². The molecule has 10 heteroatoms. The van der Waals surface area contributed by atoms with Gasteiger partial charge in [0.1, 0.15) is 0 Å². The summed E-state index contributed by atoms with van der Waals surface area (Å²) in [6.07, 6.45) is 9.67. The zero-order chi connectivity index (χ0) is 24.2. The molecular formula is C22H51N2O5Si3. The Kier molecular flexibility index (Phi) is 21.0. The maximum Gasteiger partial charge on any atom is 0.500 e. The lowest BCUT2D eigenvalue weighted by Crippen LogP contribution is -2.51. The number of unbranched alkanes of at least 4 members (excludes halogenated alkanes) is 4. The monoisotopic (exact) mass is 507 g/mol. The van der Waals surface area contributed by atoms with Crippen molar-refractivity contribution >= 4 is 27.6 Å². The minimum Gasteiger partial charge on any atom is -0.397 e. The summed E-state index contributed by atoms with van der Waals surface area (Å²) in [5, 5.41) is 0.359. The van der Waals surface area contributed by atoms with Crippen LogP contribution in [0.4, 0.5) is 0 Å². The molecule has 0 aliphatic carbocycles. The maximum absolute atomic E-state index is 5.87. The lowest BCUT2D eigenvalue weighted by Gasteiger charge is -2.33. The highest BCUT2D eigenvalue weighted by molar-refractivity contribution is 6.73. The van der Waals surface area contributed by atoms with E-state index in [2.05, 4.69) is 30.7 Å². The second-order valence-corrected chi connectivity index (χ2v) is 15.4. The van der Waals surface area contributed by atoms with Gasteiger partial charge >= 0.3 is 18.1 Å². The topological polar surface area (TPSA) is 52.6 Å². The summed E-state index contributed by atoms with van der Waals surface area (Å²) in [5.41, 5.74) is 0. The number of nitrogens with zero attached hydrogens (tertiary/aromatic N) is 2. The van der Waals surface area contributed by atoms with Crippen molar-refractivity contribution in [1.29, 1.82) is 0 Å². The average Bonchev–Trinajstić information content (AvgIpc) is 2.82. The first-order chi connectivity index (χ1) is 15.5. The summed E-state index contributed by atoms with van der Waals surface area (Å²) in [4.78, 5) is 4.92. The first-order valence-electron chi connectivity index (χ1n) is 12.2. The van der Waals surface area contributed by atoms with Crippen molar-refractivity contribution in [2.45, 2.75) is 70.0 Å². The smallest absolute Gasteiger partial charge is 0.397 e. The van der Waals surface area contributed by atoms with E-state index >= 15 is 0 Å². The number of rotatable bonds is 23. The lowest BCUT2D eigenvalue weighted by atomic mass is 10.1. The van der Waals surface area contributed by atoms with Gasteiger partial charge in [-0.15, -0.1) is 0 Å². The fourth-order valence-electron chi connectivity index (χ4n) is 3.96. The zero-order valence-corrected chi connectivity index (χ0v) is 25.2. The van der Waals surface area contributed by atoms with Crippen molar-refractivity contribution < 1.29 is 22.1 Å². The third-order valence-electron chi connectivity index (χ3n) is 6.13. The van der Waals surface area contributed by atoms with Crippen molar-refractivity contribution in [2.24, 2.45) is 0 Å². The summed E-state index contributed by atoms with van der Waals surface area (Å²) >= 11 is 0. The summed E-state index contributed by atoms with van der Waals surface area (Å²) in [7, 11) is 7.92. The Morgan fingerprint density at radius 1 is 0.781 bits per heavy atom. The van der Waals surface area contributed by atoms with Crippen LogP contribution in [0.25, 0.3) is 0 Å². The van der Waals surface area contributed by atoms with Crippen LogP contribution in [-0.2, 0) is 22.1 Å². The molecule has 7 nitrogen and oxygen atoms in total. The van der Waals surface area contributed by atoms with Gasteiger partial charge in [0.05, 0.1) is 9.52 Å². The van der Waals surface area contributed by atoms with E-state index in [0.717, 1.165) is 54.2 Å². The number of hydrogen-bond donors (Lipinski definition) is 0. The van der Waals surface area contributed by atoms with Gasteiger partial charge in [0.15, 0.2) is 0 Å². The van der Waals surface area contributed by atoms with Crippen LogP contribution >= 0.6 is 0 Å². The molecule has 0 bridgehead atoms. The highest BCUT2D eigenvalue weighted by atomic mass is 28.4. The third kappa shape index (κ3) is 13.3. The molecule has 0 aromatic heterocycles. The molecule has 0 rings (SSSR count). The van der Waals surface area contributed by atoms with Gasteiger partial charge < -0.3 is 31.9 Å². The van der Waals surface area contributed by atoms with E-state index in [9.17, 15) is 0 Å². The predicted molar refractivity (Wildman–Crippen MR) is 138 cm³/mol. The van der Waals surface area contributed by atoms with Crippen molar-refractivity contribution in [2.75, 3.05) is 74.9 Å². The van der Waals surface area contributed by atoms with Crippen LogP contribution in [0, 0.1) is 0 Å². The van der Waals surface area contributed by atoms with Gasteiger partial charge in [-0.05, 0) is 64.7 Å². The molecule has 0 saturated carbocycles. The molecule has 0 aromatic carbocycles. The Bertz CT molecular complexity index is 407. The van der Waals surface area contributed by atoms with Gasteiger partial charge in [-0.2, -0.15) is 0 Å². The quantitative estimate of drug-likeness (QED) is 0.155. The molecule has 0 N–H and O–H groups in total. The highest BCUT2D eigenvalue weighted by Crippen LogP contribution is 2.29. The van der Waals surface area contributed by atoms with Crippen molar-refractivity contribution in [1.82, 2.24) is 9.80 Å². The minimum atomic E-state index is -2.63. The van der Waals surface area contributed by atoms with E-state index in [1.807, 2.05) is 0 Å². The molecule has 0 aliphatic rings. The van der Waals surface area contributed by atoms with E-state index in [0.29, 0.717) is 5.16 Å². The van der Waals surface area contributed by atoms with Crippen molar-refractivity contribution in [3.8, 4) is 0 Å². The summed E-state index contributed by atoms with van der Waals surface area (Å²) in [5.74, 6) is 0. The molecule has 0 heterocycles. The SMILES string of the molecule is CCN(CC)CCCCCCCC([Si]CN(C)CCC[Si](OC)OC)[Si](OC)(OC)OC. The molecule has 0 fully saturated rings. The Balaban J connectivity index is 4.46. The summed E-state index contributed by atoms with van der Waals surface area (Å²) < 4.78 is 28.4. The highest BCUT2D eigenvalue weighted by Gasteiger charge is 2.46. The van der Waals surface area contributed by atoms with Gasteiger partial charge in [0.25, 0.3) is 0 Å². The van der Waals surface area contributed by atoms with Crippen LogP contribution in [0.2, 0.25) is 11.2 Å². The van der Waals surface area contributed by atoms with Crippen LogP contribution < -0.4 is 0 Å². The molecule has 3 radical (unpaired) electrons. The first-order valence-corrected chi connectivity index (χ1v) is 16.8. The Labute approximate surface area is 204 Å². The van der Waals surface area contributed by atoms with Gasteiger partial charge in [-0.3, -0.25) is 0 Å². The zero-order valence-electron chi connectivity index (χ0n) is 22.2. The fraction of sp³-hybridized carbons (Fsp3) is 1.00. The average molecular weight is 508 g/mol. The molecule has 32 heavy (non-hydrogen) atoms. The Morgan fingerprint density at radius 3 is 1.88 bits per heavy atom. The fourth-order valence-corrected chi connectivity index (χ4v) is 10.3. The predicted octanol–water partition coefficient (Wildman–Crippen LogP) is 3.64. The standard InChI is InChI=1S/C22H51N2O5Si3/c1-9-24(10-2)19-15-13-11-12-14-17-22(32(27-6,28-7)29-8)30-21-23(3)18-16-20-31(25-4)26-5/h22H,9-21H2,1-8H3. The van der Waals surface area contributed by atoms with Crippen molar-refractivity contribution in [3.63, 3.8) is 0 Å². The Morgan fingerprint density at radius 2 is 1.34 bits per heavy atom. The molecule has 191 valence electrons. The van der Waals surface area contributed by atoms with E-state index in [4.69, 9.17) is 22.1 Å². The van der Waals surface area contributed by atoms with E-state index in [-0.39, 0.29) is 0 Å². The van der Waals surface area contributed by atoms with Crippen LogP contribution in [-0.4, -0.2) is 112 Å². The molecule has 0 aromatic rings. The van der Waals surface area contributed by atoms with Gasteiger partial charge in [0.2, 0.25) is 0 Å². The Hall–Kier alpha value is 0.371. The van der Waals surface area contributed by atoms with Crippen LogP contribution in [0.3, 0.4) is 0 Å². The maximum atomic E-state index is 5.87. The van der Waals surface area contributed by atoms with E-state index in [1.54, 1.807) is 35.5 Å². The normalized spacial score (nSPS) is 13.6. The molecule has 1 atom stereocenters. The molecule has 0 saturated heterocycles. The summed E-state index contributed by atoms with van der Waals surface area (Å²) in [6, 6.07) is 1.01. The van der Waals surface area contributed by atoms with E-state index in [1.165, 1.54) is 38.6 Å². The molecule has 1 unspecified atom stereocenters. The van der Waals surface area contributed by atoms with Gasteiger partial charge in [0, 0.05) is 40.7 Å². The number of hydrogen-bond acceptors (Lipinski definition) is 7. The van der Waals surface area contributed by atoms with Gasteiger partial charge in [-0.25, -0.2) is 0 Å². The van der Waals surface area contributed by atoms with Crippen LogP contribution in [0.5, 0.6) is 0 Å². The second-order valence-electron chi connectivity index (χ2n) is 8.18. The van der Waals surface area contributed by atoms with Crippen LogP contribution in [0.1, 0.15) is 58.8 Å². The minimum absolute atomic E-state index is 0.359. The van der Waals surface area contributed by atoms with Crippen LogP contribution in [0.15, 0.2) is 0 Å². The molecular weight excluding hydrogens is 457 g/mol. The first kappa shape index (κ1) is 32.4. The molecule has 0 amide bonds.